The smallest absolute Gasteiger partial charge is 0.118 e. The number of benzene rings is 1. The van der Waals surface area contributed by atoms with E-state index in [0.29, 0.717) is 11.2 Å². The van der Waals surface area contributed by atoms with Gasteiger partial charge in [-0.25, -0.2) is 0 Å². The Bertz CT molecular complexity index is 307. The van der Waals surface area contributed by atoms with Gasteiger partial charge in [-0.2, -0.15) is 0 Å². The van der Waals surface area contributed by atoms with Gasteiger partial charge in [0, 0.05) is 6.54 Å². The van der Waals surface area contributed by atoms with Crippen LogP contribution in [0.25, 0.3) is 0 Å². The Balaban J connectivity index is 0.00000225. The van der Waals surface area contributed by atoms with Gasteiger partial charge in [-0.15, -0.1) is 12.4 Å². The van der Waals surface area contributed by atoms with Crippen LogP contribution in [-0.2, 0) is 6.42 Å². The van der Waals surface area contributed by atoms with Crippen LogP contribution in [0.5, 0.6) is 5.75 Å². The zero-order valence-corrected chi connectivity index (χ0v) is 11.1. The van der Waals surface area contributed by atoms with Crippen molar-refractivity contribution in [2.75, 3.05) is 13.1 Å². The lowest BCUT2D eigenvalue weighted by atomic mass is 9.97. The van der Waals surface area contributed by atoms with Gasteiger partial charge in [0.05, 0.1) is 0 Å². The maximum Gasteiger partial charge on any atom is 0.118 e. The average Bonchev–Trinajstić information content (AvgIpc) is 2.13. The second kappa shape index (κ2) is 6.77. The molecule has 0 radical (unpaired) electrons. The minimum Gasteiger partial charge on any atom is -0.508 e. The van der Waals surface area contributed by atoms with Gasteiger partial charge in [0.2, 0.25) is 0 Å². The normalized spacial score (nSPS) is 10.9. The zero-order valence-electron chi connectivity index (χ0n) is 10.3. The van der Waals surface area contributed by atoms with Gasteiger partial charge in [0.1, 0.15) is 5.75 Å². The van der Waals surface area contributed by atoms with Crippen LogP contribution in [-0.4, -0.2) is 18.2 Å². The molecule has 0 saturated carbocycles. The largest absolute Gasteiger partial charge is 0.508 e. The molecule has 0 aliphatic rings. The number of halogens is 1. The van der Waals surface area contributed by atoms with Crippen LogP contribution in [0.3, 0.4) is 0 Å². The van der Waals surface area contributed by atoms with Gasteiger partial charge in [-0.3, -0.25) is 0 Å². The third-order valence-electron chi connectivity index (χ3n) is 2.22. The number of phenols is 1. The number of aromatic hydroxyl groups is 1. The van der Waals surface area contributed by atoms with Crippen molar-refractivity contribution in [1.82, 2.24) is 5.32 Å². The Morgan fingerprint density at radius 1 is 1.19 bits per heavy atom. The summed E-state index contributed by atoms with van der Waals surface area (Å²) in [5.41, 5.74) is 1.33. The van der Waals surface area contributed by atoms with Crippen LogP contribution in [0.15, 0.2) is 24.3 Å². The molecule has 0 unspecified atom stereocenters. The lowest BCUT2D eigenvalue weighted by Gasteiger charge is -2.18. The molecule has 0 atom stereocenters. The molecule has 1 rings (SSSR count). The molecule has 1 aromatic rings. The number of phenolic OH excluding ortho intramolecular Hbond substituents is 1. The molecule has 1 aromatic carbocycles. The van der Waals surface area contributed by atoms with Gasteiger partial charge >= 0.3 is 0 Å². The van der Waals surface area contributed by atoms with Crippen LogP contribution < -0.4 is 5.32 Å². The van der Waals surface area contributed by atoms with Crippen LogP contribution >= 0.6 is 12.4 Å². The maximum atomic E-state index is 9.54. The molecule has 16 heavy (non-hydrogen) atoms. The summed E-state index contributed by atoms with van der Waals surface area (Å²) >= 11 is 0. The van der Waals surface area contributed by atoms with Gasteiger partial charge in [0.15, 0.2) is 0 Å². The summed E-state index contributed by atoms with van der Waals surface area (Å²) in [7, 11) is 0. The Morgan fingerprint density at radius 2 is 1.81 bits per heavy atom. The van der Waals surface area contributed by atoms with E-state index in [2.05, 4.69) is 26.1 Å². The van der Waals surface area contributed by atoms with E-state index in [1.54, 1.807) is 6.07 Å². The van der Waals surface area contributed by atoms with Crippen LogP contribution in [0.1, 0.15) is 26.3 Å². The molecule has 0 aromatic heterocycles. The van der Waals surface area contributed by atoms with Crippen molar-refractivity contribution >= 4 is 12.4 Å². The molecule has 0 aliphatic heterocycles. The molecular formula is C13H22ClNO. The van der Waals surface area contributed by atoms with Gasteiger partial charge in [-0.05, 0) is 30.0 Å². The van der Waals surface area contributed by atoms with E-state index in [-0.39, 0.29) is 12.4 Å². The molecule has 0 saturated heterocycles. The third-order valence-corrected chi connectivity index (χ3v) is 2.22. The molecule has 3 heteroatoms. The quantitative estimate of drug-likeness (QED) is 0.797. The lowest BCUT2D eigenvalue weighted by molar-refractivity contribution is 0.381. The Labute approximate surface area is 104 Å². The van der Waals surface area contributed by atoms with Gasteiger partial charge in [0.25, 0.3) is 0 Å². The minimum absolute atomic E-state index is 0. The topological polar surface area (TPSA) is 32.3 Å². The number of hydrogen-bond acceptors (Lipinski definition) is 2. The second-order valence-electron chi connectivity index (χ2n) is 5.12. The first-order valence-electron chi connectivity index (χ1n) is 5.47. The molecule has 2 N–H and O–H groups in total. The highest BCUT2D eigenvalue weighted by Crippen LogP contribution is 2.15. The van der Waals surface area contributed by atoms with E-state index in [0.717, 1.165) is 25.1 Å². The summed E-state index contributed by atoms with van der Waals surface area (Å²) in [6.07, 6.45) is 0.878. The number of para-hydroxylation sites is 1. The molecule has 0 amide bonds. The van der Waals surface area contributed by atoms with Crippen LogP contribution in [0, 0.1) is 5.41 Å². The van der Waals surface area contributed by atoms with Crippen LogP contribution in [0.2, 0.25) is 0 Å². The monoisotopic (exact) mass is 243 g/mol. The minimum atomic E-state index is 0. The second-order valence-corrected chi connectivity index (χ2v) is 5.12. The molecular weight excluding hydrogens is 222 g/mol. The van der Waals surface area contributed by atoms with Crippen molar-refractivity contribution in [3.8, 4) is 5.75 Å². The number of hydrogen-bond donors (Lipinski definition) is 2. The van der Waals surface area contributed by atoms with Gasteiger partial charge in [-0.1, -0.05) is 39.0 Å². The van der Waals surface area contributed by atoms with E-state index in [4.69, 9.17) is 0 Å². The lowest BCUT2D eigenvalue weighted by Crippen LogP contribution is -2.28. The number of rotatable bonds is 4. The van der Waals surface area contributed by atoms with Crippen molar-refractivity contribution < 1.29 is 5.11 Å². The summed E-state index contributed by atoms with van der Waals surface area (Å²) in [6.45, 7) is 8.54. The highest BCUT2D eigenvalue weighted by molar-refractivity contribution is 5.85. The first-order valence-corrected chi connectivity index (χ1v) is 5.47. The Hall–Kier alpha value is -0.730. The summed E-state index contributed by atoms with van der Waals surface area (Å²) in [5, 5.41) is 12.9. The summed E-state index contributed by atoms with van der Waals surface area (Å²) in [4.78, 5) is 0. The average molecular weight is 244 g/mol. The van der Waals surface area contributed by atoms with E-state index in [9.17, 15) is 5.11 Å². The molecule has 0 spiro atoms. The van der Waals surface area contributed by atoms with E-state index >= 15 is 0 Å². The third kappa shape index (κ3) is 5.99. The highest BCUT2D eigenvalue weighted by atomic mass is 35.5. The Kier molecular flexibility index (Phi) is 6.46. The fourth-order valence-electron chi connectivity index (χ4n) is 1.41. The van der Waals surface area contributed by atoms with E-state index in [1.807, 2.05) is 18.2 Å². The molecule has 92 valence electrons. The zero-order chi connectivity index (χ0) is 11.3. The maximum absolute atomic E-state index is 9.54. The van der Waals surface area contributed by atoms with Crippen molar-refractivity contribution in [1.29, 1.82) is 0 Å². The summed E-state index contributed by atoms with van der Waals surface area (Å²) in [6, 6.07) is 7.51. The first kappa shape index (κ1) is 15.3. The van der Waals surface area contributed by atoms with E-state index in [1.165, 1.54) is 0 Å². The summed E-state index contributed by atoms with van der Waals surface area (Å²) < 4.78 is 0. The fraction of sp³-hybridized carbons (Fsp3) is 0.538. The van der Waals surface area contributed by atoms with Crippen LogP contribution in [0.4, 0.5) is 0 Å². The number of nitrogens with one attached hydrogen (secondary N) is 1. The first-order chi connectivity index (χ1) is 6.99. The molecule has 0 bridgehead atoms. The predicted octanol–water partition coefficient (Wildman–Crippen LogP) is 2.99. The molecule has 0 heterocycles. The highest BCUT2D eigenvalue weighted by Gasteiger charge is 2.08. The molecule has 0 fully saturated rings. The van der Waals surface area contributed by atoms with Crippen molar-refractivity contribution in [3.05, 3.63) is 29.8 Å². The SMILES string of the molecule is CC(C)(C)CNCCc1ccccc1O.Cl. The van der Waals surface area contributed by atoms with Crippen molar-refractivity contribution in [2.45, 2.75) is 27.2 Å². The summed E-state index contributed by atoms with van der Waals surface area (Å²) in [5.74, 6) is 0.398. The molecule has 2 nitrogen and oxygen atoms in total. The standard InChI is InChI=1S/C13H21NO.ClH/c1-13(2,3)10-14-9-8-11-6-4-5-7-12(11)15;/h4-7,14-15H,8-10H2,1-3H3;1H. The van der Waals surface area contributed by atoms with E-state index < -0.39 is 0 Å². The van der Waals surface area contributed by atoms with Crippen molar-refractivity contribution in [3.63, 3.8) is 0 Å². The van der Waals surface area contributed by atoms with Crippen molar-refractivity contribution in [2.24, 2.45) is 5.41 Å². The predicted molar refractivity (Wildman–Crippen MR) is 71.4 cm³/mol. The Morgan fingerprint density at radius 3 is 2.38 bits per heavy atom. The fourth-order valence-corrected chi connectivity index (χ4v) is 1.41. The molecule has 0 aliphatic carbocycles. The van der Waals surface area contributed by atoms with Gasteiger partial charge < -0.3 is 10.4 Å².